The molecule has 0 unspecified atom stereocenters. The molecule has 2 aromatic heterocycles. The molecule has 0 fully saturated rings. The van der Waals surface area contributed by atoms with Crippen LogP contribution in [0.3, 0.4) is 0 Å². The van der Waals surface area contributed by atoms with Gasteiger partial charge in [-0.1, -0.05) is 26.0 Å². The number of nitrogens with zero attached hydrogens (tertiary/aromatic N) is 5. The van der Waals surface area contributed by atoms with Gasteiger partial charge in [0.25, 0.3) is 0 Å². The number of hydrogen-bond donors (Lipinski definition) is 1. The number of aryl methyl sites for hydroxylation is 2. The van der Waals surface area contributed by atoms with Crippen LogP contribution in [-0.2, 0) is 13.0 Å². The highest BCUT2D eigenvalue weighted by molar-refractivity contribution is 7.09. The summed E-state index contributed by atoms with van der Waals surface area (Å²) >= 11 is 1.40. The Morgan fingerprint density at radius 1 is 1.21 bits per heavy atom. The van der Waals surface area contributed by atoms with Gasteiger partial charge in [0.05, 0.1) is 6.54 Å². The summed E-state index contributed by atoms with van der Waals surface area (Å²) in [4.78, 5) is 8.89. The summed E-state index contributed by atoms with van der Waals surface area (Å²) in [5.41, 5.74) is 2.18. The molecule has 126 valence electrons. The van der Waals surface area contributed by atoms with Gasteiger partial charge in [-0.15, -0.1) is 0 Å². The summed E-state index contributed by atoms with van der Waals surface area (Å²) in [7, 11) is 0. The van der Waals surface area contributed by atoms with Crippen molar-refractivity contribution < 1.29 is 0 Å². The maximum absolute atomic E-state index is 4.55. The summed E-state index contributed by atoms with van der Waals surface area (Å²) in [6.45, 7) is 8.93. The largest absolute Gasteiger partial charge is 0.330 e. The Morgan fingerprint density at radius 3 is 2.75 bits per heavy atom. The topological polar surface area (TPSA) is 68.5 Å². The lowest BCUT2D eigenvalue weighted by Gasteiger charge is -2.07. The van der Waals surface area contributed by atoms with Crippen LogP contribution in [0.4, 0.5) is 10.8 Å². The van der Waals surface area contributed by atoms with E-state index in [2.05, 4.69) is 50.7 Å². The minimum Gasteiger partial charge on any atom is -0.330 e. The summed E-state index contributed by atoms with van der Waals surface area (Å²) in [5.74, 6) is 3.19. The number of benzene rings is 1. The van der Waals surface area contributed by atoms with E-state index in [1.54, 1.807) is 0 Å². The van der Waals surface area contributed by atoms with E-state index in [9.17, 15) is 0 Å². The quantitative estimate of drug-likeness (QED) is 0.739. The van der Waals surface area contributed by atoms with Crippen LogP contribution < -0.4 is 5.32 Å². The third kappa shape index (κ3) is 4.17. The Kier molecular flexibility index (Phi) is 4.89. The van der Waals surface area contributed by atoms with Gasteiger partial charge in [0.1, 0.15) is 17.5 Å². The zero-order valence-corrected chi connectivity index (χ0v) is 15.3. The molecule has 0 radical (unpaired) electrons. The maximum atomic E-state index is 4.55. The van der Waals surface area contributed by atoms with E-state index in [-0.39, 0.29) is 0 Å². The zero-order chi connectivity index (χ0) is 17.1. The molecule has 0 spiro atoms. The van der Waals surface area contributed by atoms with Crippen LogP contribution in [0.15, 0.2) is 24.3 Å². The van der Waals surface area contributed by atoms with Gasteiger partial charge in [0.2, 0.25) is 5.13 Å². The molecule has 0 saturated carbocycles. The first-order valence-electron chi connectivity index (χ1n) is 8.06. The van der Waals surface area contributed by atoms with Crippen molar-refractivity contribution in [3.8, 4) is 0 Å². The zero-order valence-electron chi connectivity index (χ0n) is 14.4. The van der Waals surface area contributed by atoms with E-state index >= 15 is 0 Å². The van der Waals surface area contributed by atoms with Gasteiger partial charge in [-0.3, -0.25) is 0 Å². The Labute approximate surface area is 146 Å². The molecule has 2 heterocycles. The van der Waals surface area contributed by atoms with Gasteiger partial charge in [-0.05, 0) is 37.5 Å². The molecule has 0 amide bonds. The lowest BCUT2D eigenvalue weighted by molar-refractivity contribution is 0.627. The molecule has 0 aliphatic rings. The van der Waals surface area contributed by atoms with Gasteiger partial charge in [-0.25, -0.2) is 14.6 Å². The van der Waals surface area contributed by atoms with Crippen LogP contribution in [-0.4, -0.2) is 24.1 Å². The summed E-state index contributed by atoms with van der Waals surface area (Å²) in [5, 5.41) is 8.59. The van der Waals surface area contributed by atoms with E-state index < -0.39 is 0 Å². The standard InChI is InChI=1S/C17H22N6S/c1-11(2)8-16-20-17(24-22-16)19-15-7-5-6-14(9-15)10-23-13(4)18-12(3)21-23/h5-7,9,11H,8,10H2,1-4H3,(H,19,20,22). The first kappa shape index (κ1) is 16.6. The molecule has 1 N–H and O–H groups in total. The van der Waals surface area contributed by atoms with Crippen molar-refractivity contribution in [3.63, 3.8) is 0 Å². The third-order valence-electron chi connectivity index (χ3n) is 3.53. The van der Waals surface area contributed by atoms with Crippen molar-refractivity contribution >= 4 is 22.4 Å². The molecule has 3 rings (SSSR count). The van der Waals surface area contributed by atoms with Gasteiger partial charge < -0.3 is 5.32 Å². The highest BCUT2D eigenvalue weighted by Gasteiger charge is 2.08. The minimum atomic E-state index is 0.560. The Hall–Kier alpha value is -2.28. The lowest BCUT2D eigenvalue weighted by atomic mass is 10.1. The molecular weight excluding hydrogens is 320 g/mol. The molecule has 0 aliphatic carbocycles. The summed E-state index contributed by atoms with van der Waals surface area (Å²) < 4.78 is 6.32. The second-order valence-corrected chi connectivity index (χ2v) is 7.05. The van der Waals surface area contributed by atoms with Crippen molar-refractivity contribution in [2.75, 3.05) is 5.32 Å². The maximum Gasteiger partial charge on any atom is 0.207 e. The lowest BCUT2D eigenvalue weighted by Crippen LogP contribution is -2.04. The second kappa shape index (κ2) is 7.09. The number of hydrogen-bond acceptors (Lipinski definition) is 6. The third-order valence-corrected chi connectivity index (χ3v) is 4.20. The minimum absolute atomic E-state index is 0.560. The van der Waals surface area contributed by atoms with Crippen molar-refractivity contribution in [1.29, 1.82) is 0 Å². The predicted molar refractivity (Wildman–Crippen MR) is 96.8 cm³/mol. The molecule has 24 heavy (non-hydrogen) atoms. The van der Waals surface area contributed by atoms with E-state index in [0.717, 1.165) is 34.7 Å². The van der Waals surface area contributed by atoms with Gasteiger partial charge in [0, 0.05) is 23.6 Å². The highest BCUT2D eigenvalue weighted by atomic mass is 32.1. The Morgan fingerprint density at radius 2 is 2.04 bits per heavy atom. The van der Waals surface area contributed by atoms with Crippen molar-refractivity contribution in [2.24, 2.45) is 5.92 Å². The molecule has 0 saturated heterocycles. The molecule has 0 aliphatic heterocycles. The normalized spacial score (nSPS) is 11.2. The van der Waals surface area contributed by atoms with Gasteiger partial charge in [-0.2, -0.15) is 9.47 Å². The Balaban J connectivity index is 1.71. The van der Waals surface area contributed by atoms with E-state index in [0.29, 0.717) is 12.5 Å². The fourth-order valence-corrected chi connectivity index (χ4v) is 3.12. The van der Waals surface area contributed by atoms with Crippen LogP contribution in [0.5, 0.6) is 0 Å². The van der Waals surface area contributed by atoms with E-state index in [4.69, 9.17) is 0 Å². The number of aromatic nitrogens is 5. The van der Waals surface area contributed by atoms with Crippen LogP contribution in [0.2, 0.25) is 0 Å². The Bertz CT molecular complexity index is 820. The summed E-state index contributed by atoms with van der Waals surface area (Å²) in [6.07, 6.45) is 0.906. The van der Waals surface area contributed by atoms with Crippen LogP contribution in [0.1, 0.15) is 36.9 Å². The summed E-state index contributed by atoms with van der Waals surface area (Å²) in [6, 6.07) is 8.27. The number of nitrogens with one attached hydrogen (secondary N) is 1. The monoisotopic (exact) mass is 342 g/mol. The van der Waals surface area contributed by atoms with Crippen LogP contribution >= 0.6 is 11.5 Å². The molecule has 6 nitrogen and oxygen atoms in total. The molecule has 0 bridgehead atoms. The fraction of sp³-hybridized carbons (Fsp3) is 0.412. The van der Waals surface area contributed by atoms with Gasteiger partial charge in [0.15, 0.2) is 0 Å². The second-order valence-electron chi connectivity index (χ2n) is 6.30. The molecule has 1 aromatic carbocycles. The smallest absolute Gasteiger partial charge is 0.207 e. The van der Waals surface area contributed by atoms with E-state index in [1.807, 2.05) is 30.7 Å². The first-order valence-corrected chi connectivity index (χ1v) is 8.83. The van der Waals surface area contributed by atoms with Crippen LogP contribution in [0, 0.1) is 19.8 Å². The molecule has 7 heteroatoms. The fourth-order valence-electron chi connectivity index (χ4n) is 2.51. The first-order chi connectivity index (χ1) is 11.5. The molecule has 0 atom stereocenters. The SMILES string of the molecule is Cc1nc(C)n(Cc2cccc(Nc3nc(CC(C)C)ns3)c2)n1. The highest BCUT2D eigenvalue weighted by Crippen LogP contribution is 2.21. The average Bonchev–Trinajstić information content (AvgIpc) is 3.05. The van der Waals surface area contributed by atoms with Crippen molar-refractivity contribution in [3.05, 3.63) is 47.3 Å². The average molecular weight is 342 g/mol. The number of rotatable bonds is 6. The molecule has 3 aromatic rings. The molecular formula is C17H22N6S. The van der Waals surface area contributed by atoms with Crippen molar-refractivity contribution in [1.82, 2.24) is 24.1 Å². The van der Waals surface area contributed by atoms with Gasteiger partial charge >= 0.3 is 0 Å². The van der Waals surface area contributed by atoms with Crippen molar-refractivity contribution in [2.45, 2.75) is 40.7 Å². The van der Waals surface area contributed by atoms with E-state index in [1.165, 1.54) is 17.1 Å². The predicted octanol–water partition coefficient (Wildman–Crippen LogP) is 3.74. The van der Waals surface area contributed by atoms with Crippen LogP contribution in [0.25, 0.3) is 0 Å². The number of anilines is 2.